The molecule has 0 spiro atoms. The summed E-state index contributed by atoms with van der Waals surface area (Å²) in [5.41, 5.74) is 1.68. The van der Waals surface area contributed by atoms with Crippen LogP contribution < -0.4 is 15.1 Å². The van der Waals surface area contributed by atoms with Crippen molar-refractivity contribution in [3.05, 3.63) is 42.1 Å². The third-order valence-electron chi connectivity index (χ3n) is 5.00. The molecule has 0 radical (unpaired) electrons. The van der Waals surface area contributed by atoms with Crippen LogP contribution >= 0.6 is 0 Å². The zero-order valence-electron chi connectivity index (χ0n) is 16.5. The molecule has 0 saturated carbocycles. The van der Waals surface area contributed by atoms with Crippen molar-refractivity contribution >= 4 is 23.4 Å². The largest absolute Gasteiger partial charge is 0.361 e. The molecule has 1 fully saturated rings. The Labute approximate surface area is 161 Å². The smallest absolute Gasteiger partial charge is 0.232 e. The van der Waals surface area contributed by atoms with Gasteiger partial charge >= 0.3 is 0 Å². The van der Waals surface area contributed by atoms with E-state index in [0.29, 0.717) is 5.69 Å². The third kappa shape index (κ3) is 4.56. The molecule has 27 heavy (non-hydrogen) atoms. The fourth-order valence-corrected chi connectivity index (χ4v) is 3.52. The predicted octanol–water partition coefficient (Wildman–Crippen LogP) is 3.67. The molecule has 1 saturated heterocycles. The maximum absolute atomic E-state index is 12.9. The van der Waals surface area contributed by atoms with Gasteiger partial charge in [-0.15, -0.1) is 0 Å². The maximum Gasteiger partial charge on any atom is 0.232 e. The number of amides is 1. The van der Waals surface area contributed by atoms with Crippen LogP contribution in [0.1, 0.15) is 44.1 Å². The van der Waals surface area contributed by atoms with Gasteiger partial charge in [-0.2, -0.15) is 4.98 Å². The summed E-state index contributed by atoms with van der Waals surface area (Å²) in [6, 6.07) is 9.89. The minimum atomic E-state index is -0.192. The number of anilines is 3. The van der Waals surface area contributed by atoms with Crippen LogP contribution in [0.4, 0.5) is 17.5 Å². The monoisotopic (exact) mass is 367 g/mol. The van der Waals surface area contributed by atoms with Crippen LogP contribution in [0.25, 0.3) is 0 Å². The van der Waals surface area contributed by atoms with Gasteiger partial charge in [0.15, 0.2) is 5.82 Å². The minimum absolute atomic E-state index is 0.0267. The quantitative estimate of drug-likeness (QED) is 0.844. The van der Waals surface area contributed by atoms with Gasteiger partial charge < -0.3 is 15.1 Å². The van der Waals surface area contributed by atoms with Crippen LogP contribution in [-0.4, -0.2) is 43.1 Å². The third-order valence-corrected chi connectivity index (χ3v) is 5.00. The van der Waals surface area contributed by atoms with Crippen molar-refractivity contribution in [1.82, 2.24) is 9.97 Å². The summed E-state index contributed by atoms with van der Waals surface area (Å²) in [6.45, 7) is 4.01. The van der Waals surface area contributed by atoms with E-state index < -0.39 is 0 Å². The number of nitrogens with one attached hydrogen (secondary N) is 1. The van der Waals surface area contributed by atoms with E-state index in [1.54, 1.807) is 6.20 Å². The van der Waals surface area contributed by atoms with Gasteiger partial charge in [0.2, 0.25) is 11.9 Å². The zero-order valence-corrected chi connectivity index (χ0v) is 16.5. The highest BCUT2D eigenvalue weighted by molar-refractivity contribution is 5.97. The number of carbonyl (C=O) groups excluding carboxylic acids is 1. The Balaban J connectivity index is 1.81. The molecule has 6 heteroatoms. The first kappa shape index (κ1) is 19.1. The summed E-state index contributed by atoms with van der Waals surface area (Å²) in [7, 11) is 3.87. The fourth-order valence-electron chi connectivity index (χ4n) is 3.52. The molecule has 144 valence electrons. The molecule has 1 atom stereocenters. The summed E-state index contributed by atoms with van der Waals surface area (Å²) >= 11 is 0. The number of benzene rings is 1. The van der Waals surface area contributed by atoms with E-state index in [0.717, 1.165) is 36.8 Å². The van der Waals surface area contributed by atoms with E-state index in [-0.39, 0.29) is 11.8 Å². The van der Waals surface area contributed by atoms with Gasteiger partial charge in [0.05, 0.1) is 12.1 Å². The van der Waals surface area contributed by atoms with Gasteiger partial charge in [0.25, 0.3) is 0 Å². The minimum Gasteiger partial charge on any atom is -0.361 e. The highest BCUT2D eigenvalue weighted by atomic mass is 16.1. The molecule has 1 aromatic carbocycles. The lowest BCUT2D eigenvalue weighted by Crippen LogP contribution is -2.31. The first-order chi connectivity index (χ1) is 13.1. The van der Waals surface area contributed by atoms with Crippen LogP contribution in [0.2, 0.25) is 0 Å². The highest BCUT2D eigenvalue weighted by Crippen LogP contribution is 2.27. The molecule has 1 aromatic heterocycles. The first-order valence-corrected chi connectivity index (χ1v) is 9.75. The van der Waals surface area contributed by atoms with Crippen molar-refractivity contribution in [2.75, 3.05) is 42.3 Å². The number of aromatic nitrogens is 2. The molecule has 2 aromatic rings. The van der Waals surface area contributed by atoms with E-state index in [1.165, 1.54) is 19.3 Å². The van der Waals surface area contributed by atoms with Gasteiger partial charge in [0, 0.05) is 27.2 Å². The van der Waals surface area contributed by atoms with Crippen LogP contribution in [0, 0.1) is 0 Å². The molecule has 1 aliphatic heterocycles. The molecule has 1 amide bonds. The molecule has 3 rings (SSSR count). The standard InChI is InChI=1S/C21H29N5O/c1-4-17(16-11-7-5-8-12-16)20(27)23-18-15-22-21(24-19(18)25(2)3)26-13-9-6-10-14-26/h5,7-8,11-12,15,17H,4,6,9-10,13-14H2,1-3H3,(H,23,27). The Morgan fingerprint density at radius 3 is 2.52 bits per heavy atom. The predicted molar refractivity (Wildman–Crippen MR) is 111 cm³/mol. The maximum atomic E-state index is 12.9. The second-order valence-electron chi connectivity index (χ2n) is 7.21. The number of hydrogen-bond acceptors (Lipinski definition) is 5. The van der Waals surface area contributed by atoms with Crippen LogP contribution in [0.3, 0.4) is 0 Å². The molecular formula is C21H29N5O. The fraction of sp³-hybridized carbons (Fsp3) is 0.476. The number of hydrogen-bond donors (Lipinski definition) is 1. The number of piperidine rings is 1. The van der Waals surface area contributed by atoms with E-state index in [1.807, 2.05) is 56.3 Å². The average molecular weight is 367 g/mol. The van der Waals surface area contributed by atoms with Gasteiger partial charge in [-0.25, -0.2) is 4.98 Å². The van der Waals surface area contributed by atoms with Crippen molar-refractivity contribution in [3.8, 4) is 0 Å². The Hall–Kier alpha value is -2.63. The summed E-state index contributed by atoms with van der Waals surface area (Å²) < 4.78 is 0. The second-order valence-corrected chi connectivity index (χ2v) is 7.21. The Bertz CT molecular complexity index is 756. The summed E-state index contributed by atoms with van der Waals surface area (Å²) in [5, 5.41) is 3.05. The van der Waals surface area contributed by atoms with E-state index in [2.05, 4.69) is 15.2 Å². The van der Waals surface area contributed by atoms with Crippen molar-refractivity contribution in [2.24, 2.45) is 0 Å². The Morgan fingerprint density at radius 1 is 1.19 bits per heavy atom. The lowest BCUT2D eigenvalue weighted by atomic mass is 9.95. The molecule has 0 aliphatic carbocycles. The van der Waals surface area contributed by atoms with Crippen molar-refractivity contribution in [2.45, 2.75) is 38.5 Å². The van der Waals surface area contributed by atoms with Crippen molar-refractivity contribution in [3.63, 3.8) is 0 Å². The SMILES string of the molecule is CCC(C(=O)Nc1cnc(N2CCCCC2)nc1N(C)C)c1ccccc1. The lowest BCUT2D eigenvalue weighted by molar-refractivity contribution is -0.117. The van der Waals surface area contributed by atoms with E-state index in [4.69, 9.17) is 4.98 Å². The highest BCUT2D eigenvalue weighted by Gasteiger charge is 2.22. The Morgan fingerprint density at radius 2 is 1.89 bits per heavy atom. The normalized spacial score (nSPS) is 15.3. The average Bonchev–Trinajstić information content (AvgIpc) is 2.70. The zero-order chi connectivity index (χ0) is 19.2. The first-order valence-electron chi connectivity index (χ1n) is 9.75. The van der Waals surface area contributed by atoms with Crippen molar-refractivity contribution in [1.29, 1.82) is 0 Å². The molecule has 0 bridgehead atoms. The van der Waals surface area contributed by atoms with Crippen LogP contribution in [0.5, 0.6) is 0 Å². The number of nitrogens with zero attached hydrogens (tertiary/aromatic N) is 4. The molecule has 1 N–H and O–H groups in total. The van der Waals surface area contributed by atoms with E-state index in [9.17, 15) is 4.79 Å². The Kier molecular flexibility index (Phi) is 6.27. The molecular weight excluding hydrogens is 338 g/mol. The van der Waals surface area contributed by atoms with Gasteiger partial charge in [0.1, 0.15) is 5.69 Å². The second kappa shape index (κ2) is 8.84. The van der Waals surface area contributed by atoms with Crippen LogP contribution in [0.15, 0.2) is 36.5 Å². The summed E-state index contributed by atoms with van der Waals surface area (Å²) in [6.07, 6.45) is 6.09. The molecule has 2 heterocycles. The molecule has 6 nitrogen and oxygen atoms in total. The summed E-state index contributed by atoms with van der Waals surface area (Å²) in [5.74, 6) is 1.26. The van der Waals surface area contributed by atoms with Gasteiger partial charge in [-0.05, 0) is 31.2 Å². The molecule has 1 unspecified atom stereocenters. The number of carbonyl (C=O) groups is 1. The van der Waals surface area contributed by atoms with Crippen LogP contribution in [-0.2, 0) is 4.79 Å². The van der Waals surface area contributed by atoms with Gasteiger partial charge in [-0.1, -0.05) is 37.3 Å². The van der Waals surface area contributed by atoms with Crippen molar-refractivity contribution < 1.29 is 4.79 Å². The topological polar surface area (TPSA) is 61.4 Å². The lowest BCUT2D eigenvalue weighted by Gasteiger charge is -2.28. The number of rotatable bonds is 6. The molecule has 1 aliphatic rings. The summed E-state index contributed by atoms with van der Waals surface area (Å²) in [4.78, 5) is 26.3. The van der Waals surface area contributed by atoms with Gasteiger partial charge in [-0.3, -0.25) is 4.79 Å². The van der Waals surface area contributed by atoms with E-state index >= 15 is 0 Å².